The van der Waals surface area contributed by atoms with E-state index in [-0.39, 0.29) is 12.2 Å². The standard InChI is InChI=1S/C7H6O4/c8-3-6-1-2-7(4-9,5-10)11-6/h1,3-5H,2H2. The second-order valence-electron chi connectivity index (χ2n) is 2.22. The van der Waals surface area contributed by atoms with E-state index in [2.05, 4.69) is 0 Å². The highest BCUT2D eigenvalue weighted by molar-refractivity contribution is 5.90. The van der Waals surface area contributed by atoms with Crippen LogP contribution in [0, 0.1) is 0 Å². The fraction of sp³-hybridized carbons (Fsp3) is 0.286. The highest BCUT2D eigenvalue weighted by Gasteiger charge is 2.35. The summed E-state index contributed by atoms with van der Waals surface area (Å²) in [5.74, 6) is 0.0456. The minimum Gasteiger partial charge on any atom is -0.469 e. The predicted molar refractivity (Wildman–Crippen MR) is 34.7 cm³/mol. The quantitative estimate of drug-likeness (QED) is 0.411. The molecule has 1 rings (SSSR count). The molecule has 0 unspecified atom stereocenters. The lowest BCUT2D eigenvalue weighted by Crippen LogP contribution is -2.32. The molecule has 0 aliphatic carbocycles. The number of rotatable bonds is 3. The summed E-state index contributed by atoms with van der Waals surface area (Å²) in [6.07, 6.45) is 2.82. The van der Waals surface area contributed by atoms with Gasteiger partial charge in [0.2, 0.25) is 5.60 Å². The molecule has 0 fully saturated rings. The predicted octanol–water partition coefficient (Wildman–Crippen LogP) is -0.374. The molecule has 0 aromatic rings. The molecule has 1 aliphatic rings. The van der Waals surface area contributed by atoms with Crippen LogP contribution in [0.5, 0.6) is 0 Å². The molecule has 0 N–H and O–H groups in total. The normalized spacial score (nSPS) is 19.8. The lowest BCUT2D eigenvalue weighted by Gasteiger charge is -2.13. The molecule has 0 saturated carbocycles. The van der Waals surface area contributed by atoms with Crippen LogP contribution < -0.4 is 0 Å². The van der Waals surface area contributed by atoms with Gasteiger partial charge in [-0.05, 0) is 6.08 Å². The van der Waals surface area contributed by atoms with Crippen LogP contribution in [0.15, 0.2) is 11.8 Å². The van der Waals surface area contributed by atoms with Gasteiger partial charge in [0.15, 0.2) is 24.6 Å². The first-order chi connectivity index (χ1) is 5.26. The van der Waals surface area contributed by atoms with Crippen molar-refractivity contribution in [1.82, 2.24) is 0 Å². The van der Waals surface area contributed by atoms with Crippen molar-refractivity contribution in [2.75, 3.05) is 0 Å². The Balaban J connectivity index is 2.76. The fourth-order valence-electron chi connectivity index (χ4n) is 0.807. The largest absolute Gasteiger partial charge is 0.469 e. The van der Waals surface area contributed by atoms with Crippen molar-refractivity contribution in [3.63, 3.8) is 0 Å². The van der Waals surface area contributed by atoms with Crippen LogP contribution in [0.4, 0.5) is 0 Å². The van der Waals surface area contributed by atoms with Gasteiger partial charge in [-0.2, -0.15) is 0 Å². The molecule has 0 amide bonds. The number of hydrogen-bond acceptors (Lipinski definition) is 4. The minimum absolute atomic E-state index is 0.0456. The van der Waals surface area contributed by atoms with Crippen molar-refractivity contribution >= 4 is 18.9 Å². The second-order valence-corrected chi connectivity index (χ2v) is 2.22. The zero-order chi connectivity index (χ0) is 8.32. The zero-order valence-electron chi connectivity index (χ0n) is 5.65. The maximum Gasteiger partial charge on any atom is 0.222 e. The lowest BCUT2D eigenvalue weighted by atomic mass is 10.1. The third-order valence-electron chi connectivity index (χ3n) is 1.45. The molecule has 0 atom stereocenters. The van der Waals surface area contributed by atoms with E-state index in [1.54, 1.807) is 0 Å². The first-order valence-electron chi connectivity index (χ1n) is 3.03. The van der Waals surface area contributed by atoms with E-state index in [1.807, 2.05) is 0 Å². The third kappa shape index (κ3) is 1.19. The van der Waals surface area contributed by atoms with Crippen molar-refractivity contribution < 1.29 is 19.1 Å². The van der Waals surface area contributed by atoms with Crippen molar-refractivity contribution in [1.29, 1.82) is 0 Å². The minimum atomic E-state index is -1.43. The van der Waals surface area contributed by atoms with Crippen molar-refractivity contribution in [2.45, 2.75) is 12.0 Å². The SMILES string of the molecule is O=CC1=CCC(C=O)(C=O)O1. The van der Waals surface area contributed by atoms with E-state index >= 15 is 0 Å². The summed E-state index contributed by atoms with van der Waals surface area (Å²) in [5, 5.41) is 0. The van der Waals surface area contributed by atoms with Crippen molar-refractivity contribution in [3.05, 3.63) is 11.8 Å². The summed E-state index contributed by atoms with van der Waals surface area (Å²) in [5.41, 5.74) is -1.43. The van der Waals surface area contributed by atoms with Gasteiger partial charge in [-0.3, -0.25) is 14.4 Å². The Morgan fingerprint density at radius 2 is 2.00 bits per heavy atom. The van der Waals surface area contributed by atoms with E-state index in [0.29, 0.717) is 18.9 Å². The van der Waals surface area contributed by atoms with Crippen molar-refractivity contribution in [3.8, 4) is 0 Å². The number of carbonyl (C=O) groups is 3. The molecule has 58 valence electrons. The number of allylic oxidation sites excluding steroid dienone is 1. The average molecular weight is 154 g/mol. The Bertz CT molecular complexity index is 221. The van der Waals surface area contributed by atoms with Crippen LogP contribution in [0.3, 0.4) is 0 Å². The smallest absolute Gasteiger partial charge is 0.222 e. The molecule has 0 bridgehead atoms. The molecule has 1 heterocycles. The van der Waals surface area contributed by atoms with E-state index in [4.69, 9.17) is 4.74 Å². The third-order valence-corrected chi connectivity index (χ3v) is 1.45. The number of carbonyl (C=O) groups excluding carboxylic acids is 3. The van der Waals surface area contributed by atoms with E-state index in [0.717, 1.165) is 0 Å². The van der Waals surface area contributed by atoms with E-state index < -0.39 is 5.60 Å². The maximum atomic E-state index is 10.3. The Kier molecular flexibility index (Phi) is 1.85. The Morgan fingerprint density at radius 3 is 2.27 bits per heavy atom. The first-order valence-corrected chi connectivity index (χ1v) is 3.03. The molecule has 11 heavy (non-hydrogen) atoms. The van der Waals surface area contributed by atoms with Gasteiger partial charge in [0, 0.05) is 6.42 Å². The monoisotopic (exact) mass is 154 g/mol. The summed E-state index contributed by atoms with van der Waals surface area (Å²) in [7, 11) is 0. The van der Waals surface area contributed by atoms with Gasteiger partial charge in [-0.15, -0.1) is 0 Å². The summed E-state index contributed by atoms with van der Waals surface area (Å²) >= 11 is 0. The van der Waals surface area contributed by atoms with Crippen LogP contribution in [-0.4, -0.2) is 24.5 Å². The molecule has 0 aromatic carbocycles. The molecule has 4 nitrogen and oxygen atoms in total. The Labute approximate surface area is 62.8 Å². The maximum absolute atomic E-state index is 10.3. The van der Waals surface area contributed by atoms with E-state index in [1.165, 1.54) is 6.08 Å². The van der Waals surface area contributed by atoms with Gasteiger partial charge in [0.1, 0.15) is 0 Å². The molecule has 0 saturated heterocycles. The van der Waals surface area contributed by atoms with Crippen LogP contribution >= 0.6 is 0 Å². The summed E-state index contributed by atoms with van der Waals surface area (Å²) in [6, 6.07) is 0. The number of ether oxygens (including phenoxy) is 1. The number of aldehydes is 3. The van der Waals surface area contributed by atoms with Crippen LogP contribution in [0.25, 0.3) is 0 Å². The number of hydrogen-bond donors (Lipinski definition) is 0. The van der Waals surface area contributed by atoms with Gasteiger partial charge in [0.25, 0.3) is 0 Å². The van der Waals surface area contributed by atoms with Gasteiger partial charge in [-0.25, -0.2) is 0 Å². The second kappa shape index (κ2) is 2.65. The van der Waals surface area contributed by atoms with Crippen molar-refractivity contribution in [2.24, 2.45) is 0 Å². The molecule has 0 aromatic heterocycles. The van der Waals surface area contributed by atoms with Gasteiger partial charge in [0.05, 0.1) is 0 Å². The lowest BCUT2D eigenvalue weighted by molar-refractivity contribution is -0.135. The first kappa shape index (κ1) is 7.65. The Morgan fingerprint density at radius 1 is 1.36 bits per heavy atom. The van der Waals surface area contributed by atoms with Gasteiger partial charge >= 0.3 is 0 Å². The molecule has 4 heteroatoms. The summed E-state index contributed by atoms with van der Waals surface area (Å²) in [4.78, 5) is 30.7. The molecule has 0 radical (unpaired) electrons. The van der Waals surface area contributed by atoms with E-state index in [9.17, 15) is 14.4 Å². The molecule has 1 aliphatic heterocycles. The topological polar surface area (TPSA) is 60.4 Å². The average Bonchev–Trinajstić information content (AvgIpc) is 2.49. The van der Waals surface area contributed by atoms with Crippen LogP contribution in [-0.2, 0) is 19.1 Å². The Hall–Kier alpha value is -1.45. The highest BCUT2D eigenvalue weighted by Crippen LogP contribution is 2.22. The summed E-state index contributed by atoms with van der Waals surface area (Å²) in [6.45, 7) is 0. The highest BCUT2D eigenvalue weighted by atomic mass is 16.5. The molecule has 0 spiro atoms. The summed E-state index contributed by atoms with van der Waals surface area (Å²) < 4.78 is 4.75. The molecular formula is C7H6O4. The fourth-order valence-corrected chi connectivity index (χ4v) is 0.807. The molecular weight excluding hydrogens is 148 g/mol. The van der Waals surface area contributed by atoms with Gasteiger partial charge < -0.3 is 4.74 Å². The van der Waals surface area contributed by atoms with Crippen LogP contribution in [0.2, 0.25) is 0 Å². The zero-order valence-corrected chi connectivity index (χ0v) is 5.65. The van der Waals surface area contributed by atoms with Crippen LogP contribution in [0.1, 0.15) is 6.42 Å². The van der Waals surface area contributed by atoms with Gasteiger partial charge in [-0.1, -0.05) is 0 Å².